The number of carbonyl (C=O) groups is 1. The molecule has 0 fully saturated rings. The normalized spacial score (nSPS) is 13.7. The van der Waals surface area contributed by atoms with Gasteiger partial charge in [0, 0.05) is 12.5 Å². The van der Waals surface area contributed by atoms with Gasteiger partial charge in [-0.3, -0.25) is 0 Å². The number of hydrogen-bond donors (Lipinski definition) is 0. The highest BCUT2D eigenvalue weighted by molar-refractivity contribution is 5.81. The van der Waals surface area contributed by atoms with Crippen molar-refractivity contribution in [3.63, 3.8) is 0 Å². The zero-order valence-corrected chi connectivity index (χ0v) is 12.7. The van der Waals surface area contributed by atoms with E-state index in [1.165, 1.54) is 11.6 Å². The summed E-state index contributed by atoms with van der Waals surface area (Å²) < 4.78 is 10.2. The van der Waals surface area contributed by atoms with Gasteiger partial charge in [0.25, 0.3) is 0 Å². The molecule has 1 aliphatic carbocycles. The molecule has 0 unspecified atom stereocenters. The number of methoxy groups -OCH3 is 1. The van der Waals surface area contributed by atoms with E-state index in [1.54, 1.807) is 7.11 Å². The lowest BCUT2D eigenvalue weighted by Crippen LogP contribution is -2.02. The van der Waals surface area contributed by atoms with Gasteiger partial charge in [-0.2, -0.15) is 0 Å². The minimum atomic E-state index is -0.376. The van der Waals surface area contributed by atoms with Crippen LogP contribution in [0.25, 0.3) is 5.57 Å². The Morgan fingerprint density at radius 2 is 2.05 bits per heavy atom. The lowest BCUT2D eigenvalue weighted by atomic mass is 10.1. The van der Waals surface area contributed by atoms with Crippen molar-refractivity contribution in [2.24, 2.45) is 0 Å². The predicted octanol–water partition coefficient (Wildman–Crippen LogP) is 4.08. The van der Waals surface area contributed by atoms with Crippen LogP contribution in [-0.2, 0) is 9.53 Å². The molecule has 1 aliphatic rings. The van der Waals surface area contributed by atoms with Crippen LogP contribution >= 0.6 is 0 Å². The first-order valence-corrected chi connectivity index (χ1v) is 7.23. The van der Waals surface area contributed by atoms with E-state index in [0.717, 1.165) is 29.7 Å². The Morgan fingerprint density at radius 1 is 1.27 bits per heavy atom. The van der Waals surface area contributed by atoms with Gasteiger partial charge in [0.05, 0.1) is 13.7 Å². The van der Waals surface area contributed by atoms with Crippen molar-refractivity contribution in [1.82, 2.24) is 0 Å². The first kappa shape index (κ1) is 15.8. The maximum absolute atomic E-state index is 11.0. The van der Waals surface area contributed by atoms with Gasteiger partial charge in [-0.25, -0.2) is 4.79 Å². The molecule has 0 N–H and O–H groups in total. The van der Waals surface area contributed by atoms with Gasteiger partial charge in [0.1, 0.15) is 5.75 Å². The number of esters is 1. The van der Waals surface area contributed by atoms with Crippen LogP contribution in [0.2, 0.25) is 0 Å². The number of carbonyl (C=O) groups excluding carboxylic acids is 1. The average Bonchev–Trinajstić information content (AvgIpc) is 2.80. The third kappa shape index (κ3) is 4.48. The maximum Gasteiger partial charge on any atom is 0.330 e. The summed E-state index contributed by atoms with van der Waals surface area (Å²) in [6, 6.07) is 7.99. The molecule has 0 spiro atoms. The second kappa shape index (κ2) is 8.03. The Hall–Kier alpha value is -2.55. The van der Waals surface area contributed by atoms with E-state index >= 15 is 0 Å². The Balaban J connectivity index is 2.01. The molecule has 0 saturated carbocycles. The lowest BCUT2D eigenvalue weighted by molar-refractivity contribution is -0.137. The summed E-state index contributed by atoms with van der Waals surface area (Å²) in [7, 11) is 1.66. The second-order valence-corrected chi connectivity index (χ2v) is 4.90. The maximum atomic E-state index is 11.0. The third-order valence-corrected chi connectivity index (χ3v) is 3.43. The van der Waals surface area contributed by atoms with E-state index in [2.05, 4.69) is 30.9 Å². The van der Waals surface area contributed by atoms with Crippen molar-refractivity contribution in [3.8, 4) is 5.75 Å². The van der Waals surface area contributed by atoms with Crippen molar-refractivity contribution in [3.05, 3.63) is 72.4 Å². The fourth-order valence-electron chi connectivity index (χ4n) is 2.17. The molecule has 114 valence electrons. The smallest absolute Gasteiger partial charge is 0.330 e. The molecular weight excluding hydrogens is 276 g/mol. The SMILES string of the molecule is C=CC(=O)OCCC1=CC=C(c2ccc(OC)cc2)C=CC1. The van der Waals surface area contributed by atoms with Crippen LogP contribution in [0.5, 0.6) is 5.75 Å². The van der Waals surface area contributed by atoms with Crippen molar-refractivity contribution < 1.29 is 14.3 Å². The van der Waals surface area contributed by atoms with Gasteiger partial charge in [0.15, 0.2) is 0 Å². The van der Waals surface area contributed by atoms with Crippen molar-refractivity contribution >= 4 is 11.5 Å². The highest BCUT2D eigenvalue weighted by Crippen LogP contribution is 2.23. The topological polar surface area (TPSA) is 35.5 Å². The van der Waals surface area contributed by atoms with E-state index < -0.39 is 0 Å². The van der Waals surface area contributed by atoms with E-state index in [9.17, 15) is 4.79 Å². The van der Waals surface area contributed by atoms with E-state index in [1.807, 2.05) is 24.3 Å². The number of ether oxygens (including phenoxy) is 2. The first-order valence-electron chi connectivity index (χ1n) is 7.23. The number of rotatable bonds is 6. The summed E-state index contributed by atoms with van der Waals surface area (Å²) in [6.07, 6.45) is 11.2. The number of allylic oxidation sites excluding steroid dienone is 5. The monoisotopic (exact) mass is 296 g/mol. The largest absolute Gasteiger partial charge is 0.497 e. The fourth-order valence-corrected chi connectivity index (χ4v) is 2.17. The first-order chi connectivity index (χ1) is 10.7. The van der Waals surface area contributed by atoms with Crippen LogP contribution < -0.4 is 4.74 Å². The molecule has 22 heavy (non-hydrogen) atoms. The van der Waals surface area contributed by atoms with Crippen LogP contribution in [0, 0.1) is 0 Å². The molecule has 0 heterocycles. The molecule has 1 aromatic rings. The fraction of sp³-hybridized carbons (Fsp3) is 0.211. The molecule has 3 heteroatoms. The van der Waals surface area contributed by atoms with Crippen LogP contribution in [0.15, 0.2) is 66.8 Å². The quantitative estimate of drug-likeness (QED) is 0.586. The molecule has 0 bridgehead atoms. The van der Waals surface area contributed by atoms with Gasteiger partial charge < -0.3 is 9.47 Å². The molecule has 1 aromatic carbocycles. The van der Waals surface area contributed by atoms with Crippen LogP contribution in [0.3, 0.4) is 0 Å². The Kier molecular flexibility index (Phi) is 5.78. The predicted molar refractivity (Wildman–Crippen MR) is 88.6 cm³/mol. The summed E-state index contributed by atoms with van der Waals surface area (Å²) in [5, 5.41) is 0. The van der Waals surface area contributed by atoms with Crippen LogP contribution in [0.4, 0.5) is 0 Å². The van der Waals surface area contributed by atoms with Crippen molar-refractivity contribution in [2.75, 3.05) is 13.7 Å². The molecule has 3 nitrogen and oxygen atoms in total. The third-order valence-electron chi connectivity index (χ3n) is 3.43. The molecule has 0 amide bonds. The van der Waals surface area contributed by atoms with Gasteiger partial charge in [-0.1, -0.05) is 48.6 Å². The van der Waals surface area contributed by atoms with Crippen LogP contribution in [0.1, 0.15) is 18.4 Å². The van der Waals surface area contributed by atoms with Gasteiger partial charge >= 0.3 is 5.97 Å². The molecule has 0 saturated heterocycles. The number of benzene rings is 1. The molecule has 0 aliphatic heterocycles. The highest BCUT2D eigenvalue weighted by Gasteiger charge is 2.04. The second-order valence-electron chi connectivity index (χ2n) is 4.90. The molecular formula is C19H20O3. The van der Waals surface area contributed by atoms with Crippen molar-refractivity contribution in [1.29, 1.82) is 0 Å². The molecule has 0 atom stereocenters. The van der Waals surface area contributed by atoms with Gasteiger partial charge in [0.2, 0.25) is 0 Å². The standard InChI is InChI=1S/C19H20O3/c1-3-19(20)22-14-13-15-5-4-6-16(8-7-15)17-9-11-18(21-2)12-10-17/h3-4,6-12H,1,5,13-14H2,2H3. The minimum absolute atomic E-state index is 0.376. The molecule has 2 rings (SSSR count). The summed E-state index contributed by atoms with van der Waals surface area (Å²) >= 11 is 0. The average molecular weight is 296 g/mol. The zero-order valence-electron chi connectivity index (χ0n) is 12.7. The Morgan fingerprint density at radius 3 is 2.73 bits per heavy atom. The summed E-state index contributed by atoms with van der Waals surface area (Å²) in [4.78, 5) is 11.0. The summed E-state index contributed by atoms with van der Waals surface area (Å²) in [5.74, 6) is 0.474. The molecule has 0 aromatic heterocycles. The highest BCUT2D eigenvalue weighted by atomic mass is 16.5. The van der Waals surface area contributed by atoms with E-state index in [0.29, 0.717) is 6.61 Å². The van der Waals surface area contributed by atoms with E-state index in [-0.39, 0.29) is 5.97 Å². The Labute approximate surface area is 131 Å². The van der Waals surface area contributed by atoms with Crippen LogP contribution in [-0.4, -0.2) is 19.7 Å². The van der Waals surface area contributed by atoms with Gasteiger partial charge in [-0.05, 0) is 29.7 Å². The van der Waals surface area contributed by atoms with E-state index in [4.69, 9.17) is 9.47 Å². The van der Waals surface area contributed by atoms with Crippen molar-refractivity contribution in [2.45, 2.75) is 12.8 Å². The molecule has 0 radical (unpaired) electrons. The number of hydrogen-bond acceptors (Lipinski definition) is 3. The van der Waals surface area contributed by atoms with Gasteiger partial charge in [-0.15, -0.1) is 0 Å². The Bertz CT molecular complexity index is 619. The zero-order chi connectivity index (χ0) is 15.8. The minimum Gasteiger partial charge on any atom is -0.497 e. The summed E-state index contributed by atoms with van der Waals surface area (Å²) in [5.41, 5.74) is 3.53. The summed E-state index contributed by atoms with van der Waals surface area (Å²) in [6.45, 7) is 3.76. The lowest BCUT2D eigenvalue weighted by Gasteiger charge is -2.04.